The molecule has 0 fully saturated rings. The van der Waals surface area contributed by atoms with E-state index in [-0.39, 0.29) is 11.5 Å². The third-order valence-electron chi connectivity index (χ3n) is 2.44. The third kappa shape index (κ3) is 4.29. The number of halogens is 3. The molecule has 1 unspecified atom stereocenters. The van der Waals surface area contributed by atoms with E-state index in [1.54, 1.807) is 6.92 Å². The number of alkyl halides is 3. The Bertz CT molecular complexity index is 418. The van der Waals surface area contributed by atoms with Gasteiger partial charge in [0.05, 0.1) is 13.2 Å². The van der Waals surface area contributed by atoms with E-state index in [9.17, 15) is 18.3 Å². The zero-order valence-corrected chi connectivity index (χ0v) is 10.4. The van der Waals surface area contributed by atoms with Crippen molar-refractivity contribution >= 4 is 0 Å². The van der Waals surface area contributed by atoms with Crippen LogP contribution >= 0.6 is 0 Å². The first-order valence-electron chi connectivity index (χ1n) is 5.49. The predicted molar refractivity (Wildman–Crippen MR) is 61.2 cm³/mol. The molecular formula is C12H15F3O4. The van der Waals surface area contributed by atoms with Crippen molar-refractivity contribution in [3.8, 4) is 11.5 Å². The Morgan fingerprint density at radius 2 is 1.84 bits per heavy atom. The molecule has 0 heterocycles. The van der Waals surface area contributed by atoms with Crippen molar-refractivity contribution in [3.63, 3.8) is 0 Å². The molecule has 2 N–H and O–H groups in total. The smallest absolute Gasteiger partial charge is 0.417 e. The standard InChI is InChI=1S/C12H15F3O4/c1-7(16)8-3-4-9(10(5-8)18-2)19-6-11(17)12(13,14)15/h3-5,7,11,16-17H,6H2,1-2H3/t7-,11?/m1/s1. The van der Waals surface area contributed by atoms with Crippen LogP contribution in [0, 0.1) is 0 Å². The minimum absolute atomic E-state index is 0.0650. The van der Waals surface area contributed by atoms with Crippen molar-refractivity contribution in [1.29, 1.82) is 0 Å². The molecule has 108 valence electrons. The predicted octanol–water partition coefficient (Wildman–Crippen LogP) is 2.05. The van der Waals surface area contributed by atoms with Crippen molar-refractivity contribution in [1.82, 2.24) is 0 Å². The molecule has 1 aromatic carbocycles. The van der Waals surface area contributed by atoms with E-state index in [0.29, 0.717) is 5.56 Å². The van der Waals surface area contributed by atoms with Crippen LogP contribution in [0.2, 0.25) is 0 Å². The summed E-state index contributed by atoms with van der Waals surface area (Å²) in [4.78, 5) is 0. The molecule has 7 heteroatoms. The van der Waals surface area contributed by atoms with Gasteiger partial charge in [0.1, 0.15) is 6.61 Å². The van der Waals surface area contributed by atoms with Crippen LogP contribution in [0.5, 0.6) is 11.5 Å². The van der Waals surface area contributed by atoms with Crippen molar-refractivity contribution in [3.05, 3.63) is 23.8 Å². The molecule has 0 aliphatic heterocycles. The second-order valence-electron chi connectivity index (χ2n) is 3.95. The molecule has 4 nitrogen and oxygen atoms in total. The van der Waals surface area contributed by atoms with E-state index in [1.165, 1.54) is 25.3 Å². The number of rotatable bonds is 5. The zero-order valence-electron chi connectivity index (χ0n) is 10.4. The molecule has 0 aliphatic rings. The monoisotopic (exact) mass is 280 g/mol. The van der Waals surface area contributed by atoms with Crippen molar-refractivity contribution in [2.24, 2.45) is 0 Å². The van der Waals surface area contributed by atoms with Gasteiger partial charge in [-0.05, 0) is 24.6 Å². The van der Waals surface area contributed by atoms with E-state index in [4.69, 9.17) is 14.6 Å². The van der Waals surface area contributed by atoms with Crippen LogP contribution in [-0.2, 0) is 0 Å². The van der Waals surface area contributed by atoms with Crippen LogP contribution < -0.4 is 9.47 Å². The number of ether oxygens (including phenoxy) is 2. The fourth-order valence-electron chi connectivity index (χ4n) is 1.33. The highest BCUT2D eigenvalue weighted by Crippen LogP contribution is 2.31. The highest BCUT2D eigenvalue weighted by molar-refractivity contribution is 5.43. The van der Waals surface area contributed by atoms with Gasteiger partial charge in [-0.15, -0.1) is 0 Å². The van der Waals surface area contributed by atoms with E-state index in [1.807, 2.05) is 0 Å². The summed E-state index contributed by atoms with van der Waals surface area (Å²) in [6, 6.07) is 4.34. The van der Waals surface area contributed by atoms with Crippen LogP contribution in [0.1, 0.15) is 18.6 Å². The summed E-state index contributed by atoms with van der Waals surface area (Å²) in [6.07, 6.45) is -8.02. The van der Waals surface area contributed by atoms with Gasteiger partial charge in [-0.25, -0.2) is 0 Å². The first-order chi connectivity index (χ1) is 8.75. The number of aliphatic hydroxyl groups is 2. The van der Waals surface area contributed by atoms with Gasteiger partial charge in [0.25, 0.3) is 0 Å². The van der Waals surface area contributed by atoms with Gasteiger partial charge in [0.15, 0.2) is 17.6 Å². The average molecular weight is 280 g/mol. The Morgan fingerprint density at radius 3 is 2.32 bits per heavy atom. The summed E-state index contributed by atoms with van der Waals surface area (Å²) < 4.78 is 46.2. The van der Waals surface area contributed by atoms with Crippen molar-refractivity contribution in [2.45, 2.75) is 25.3 Å². The highest BCUT2D eigenvalue weighted by atomic mass is 19.4. The Morgan fingerprint density at radius 1 is 1.21 bits per heavy atom. The lowest BCUT2D eigenvalue weighted by Crippen LogP contribution is -2.34. The summed E-state index contributed by atoms with van der Waals surface area (Å²) in [6.45, 7) is 0.622. The maximum Gasteiger partial charge on any atom is 0.417 e. The van der Waals surface area contributed by atoms with E-state index in [0.717, 1.165) is 0 Å². The van der Waals surface area contributed by atoms with E-state index < -0.39 is 25.0 Å². The average Bonchev–Trinajstić information content (AvgIpc) is 2.34. The van der Waals surface area contributed by atoms with Gasteiger partial charge in [0, 0.05) is 0 Å². The molecule has 0 saturated heterocycles. The lowest BCUT2D eigenvalue weighted by atomic mass is 10.1. The van der Waals surface area contributed by atoms with E-state index in [2.05, 4.69) is 0 Å². The molecule has 1 rings (SSSR count). The quantitative estimate of drug-likeness (QED) is 0.866. The van der Waals surface area contributed by atoms with Crippen LogP contribution in [0.3, 0.4) is 0 Å². The van der Waals surface area contributed by atoms with Gasteiger partial charge >= 0.3 is 6.18 Å². The van der Waals surface area contributed by atoms with Crippen LogP contribution in [0.4, 0.5) is 13.2 Å². The first kappa shape index (κ1) is 15.6. The molecule has 0 spiro atoms. The summed E-state index contributed by atoms with van der Waals surface area (Å²) in [7, 11) is 1.33. The van der Waals surface area contributed by atoms with Gasteiger partial charge in [-0.3, -0.25) is 0 Å². The number of aliphatic hydroxyl groups excluding tert-OH is 2. The maximum absolute atomic E-state index is 12.1. The second-order valence-corrected chi connectivity index (χ2v) is 3.95. The van der Waals surface area contributed by atoms with Gasteiger partial charge < -0.3 is 19.7 Å². The summed E-state index contributed by atoms with van der Waals surface area (Å²) in [5.41, 5.74) is 0.542. The summed E-state index contributed by atoms with van der Waals surface area (Å²) >= 11 is 0. The minimum atomic E-state index is -4.73. The maximum atomic E-state index is 12.1. The molecule has 0 bridgehead atoms. The number of hydrogen-bond acceptors (Lipinski definition) is 4. The Hall–Kier alpha value is -1.47. The lowest BCUT2D eigenvalue weighted by molar-refractivity contribution is -0.210. The lowest BCUT2D eigenvalue weighted by Gasteiger charge is -2.17. The highest BCUT2D eigenvalue weighted by Gasteiger charge is 2.38. The topological polar surface area (TPSA) is 58.9 Å². The first-order valence-corrected chi connectivity index (χ1v) is 5.49. The number of hydrogen-bond donors (Lipinski definition) is 2. The van der Waals surface area contributed by atoms with Gasteiger partial charge in [-0.2, -0.15) is 13.2 Å². The molecule has 0 aromatic heterocycles. The molecule has 1 aromatic rings. The fraction of sp³-hybridized carbons (Fsp3) is 0.500. The number of methoxy groups -OCH3 is 1. The number of benzene rings is 1. The molecule has 2 atom stereocenters. The minimum Gasteiger partial charge on any atom is -0.493 e. The van der Waals surface area contributed by atoms with Gasteiger partial charge in [0.2, 0.25) is 0 Å². The molecule has 0 aliphatic carbocycles. The SMILES string of the molecule is COc1cc([C@@H](C)O)ccc1OCC(O)C(F)(F)F. The molecule has 19 heavy (non-hydrogen) atoms. The fourth-order valence-corrected chi connectivity index (χ4v) is 1.33. The van der Waals surface area contributed by atoms with Gasteiger partial charge in [-0.1, -0.05) is 6.07 Å². The zero-order chi connectivity index (χ0) is 14.6. The van der Waals surface area contributed by atoms with E-state index >= 15 is 0 Å². The Kier molecular flexibility index (Phi) is 5.02. The molecular weight excluding hydrogens is 265 g/mol. The van der Waals surface area contributed by atoms with Crippen LogP contribution in [-0.4, -0.2) is 36.2 Å². The summed E-state index contributed by atoms with van der Waals surface area (Å²) in [5.74, 6) is 0.253. The molecule has 0 saturated carbocycles. The third-order valence-corrected chi connectivity index (χ3v) is 2.44. The normalized spacial score (nSPS) is 14.9. The largest absolute Gasteiger partial charge is 0.493 e. The molecule has 0 amide bonds. The molecule has 0 radical (unpaired) electrons. The van der Waals surface area contributed by atoms with Crippen LogP contribution in [0.25, 0.3) is 0 Å². The van der Waals surface area contributed by atoms with Crippen molar-refractivity contribution in [2.75, 3.05) is 13.7 Å². The van der Waals surface area contributed by atoms with Crippen molar-refractivity contribution < 1.29 is 32.9 Å². The van der Waals surface area contributed by atoms with Crippen LogP contribution in [0.15, 0.2) is 18.2 Å². The summed E-state index contributed by atoms with van der Waals surface area (Å²) in [5, 5.41) is 18.2. The Balaban J connectivity index is 2.79. The second kappa shape index (κ2) is 6.12. The Labute approximate surface area is 108 Å².